The molecule has 1 aromatic rings. The van der Waals surface area contributed by atoms with Crippen molar-refractivity contribution in [2.45, 2.75) is 12.6 Å². The van der Waals surface area contributed by atoms with E-state index in [1.807, 2.05) is 5.32 Å². The first-order chi connectivity index (χ1) is 9.69. The maximum Gasteiger partial charge on any atom is 0.390 e. The zero-order chi connectivity index (χ0) is 16.0. The summed E-state index contributed by atoms with van der Waals surface area (Å²) in [5.41, 5.74) is 0.214. The standard InChI is InChI=1S/C12H12ClF3N2O3/c13-8-1-3-9(4-2-8)18(7-10(19)20)11(21)17-6-5-12(14,15)16/h1-4H,5-7H2,(H,17,21)(H,19,20). The first kappa shape index (κ1) is 17.1. The molecule has 0 aliphatic carbocycles. The van der Waals surface area contributed by atoms with Gasteiger partial charge in [0.1, 0.15) is 6.54 Å². The number of carboxylic acids is 1. The number of urea groups is 1. The summed E-state index contributed by atoms with van der Waals surface area (Å²) >= 11 is 5.68. The minimum atomic E-state index is -4.40. The third-order valence-electron chi connectivity index (χ3n) is 2.36. The number of aliphatic carboxylic acids is 1. The molecule has 0 heterocycles. The number of anilines is 1. The highest BCUT2D eigenvalue weighted by atomic mass is 35.5. The van der Waals surface area contributed by atoms with E-state index in [0.29, 0.717) is 5.02 Å². The molecule has 0 fully saturated rings. The van der Waals surface area contributed by atoms with Crippen LogP contribution in [0.2, 0.25) is 5.02 Å². The van der Waals surface area contributed by atoms with E-state index < -0.39 is 37.7 Å². The van der Waals surface area contributed by atoms with Crippen molar-refractivity contribution in [1.29, 1.82) is 0 Å². The molecule has 116 valence electrons. The van der Waals surface area contributed by atoms with Gasteiger partial charge < -0.3 is 10.4 Å². The van der Waals surface area contributed by atoms with Crippen molar-refractivity contribution in [3.8, 4) is 0 Å². The Morgan fingerprint density at radius 1 is 1.24 bits per heavy atom. The van der Waals surface area contributed by atoms with Crippen LogP contribution in [0.1, 0.15) is 6.42 Å². The van der Waals surface area contributed by atoms with E-state index in [1.165, 1.54) is 24.3 Å². The predicted molar refractivity (Wildman–Crippen MR) is 70.5 cm³/mol. The topological polar surface area (TPSA) is 69.6 Å². The minimum absolute atomic E-state index is 0.214. The number of hydrogen-bond acceptors (Lipinski definition) is 2. The van der Waals surface area contributed by atoms with Gasteiger partial charge in [-0.25, -0.2) is 4.79 Å². The van der Waals surface area contributed by atoms with Crippen LogP contribution in [0.3, 0.4) is 0 Å². The lowest BCUT2D eigenvalue weighted by atomic mass is 10.3. The largest absolute Gasteiger partial charge is 0.480 e. The summed E-state index contributed by atoms with van der Waals surface area (Å²) in [4.78, 5) is 23.4. The number of hydrogen-bond donors (Lipinski definition) is 2. The van der Waals surface area contributed by atoms with Gasteiger partial charge in [-0.15, -0.1) is 0 Å². The van der Waals surface area contributed by atoms with Crippen LogP contribution in [0.4, 0.5) is 23.7 Å². The second kappa shape index (κ2) is 7.16. The monoisotopic (exact) mass is 324 g/mol. The number of halogens is 4. The molecular weight excluding hydrogens is 313 g/mol. The zero-order valence-corrected chi connectivity index (χ0v) is 11.4. The number of rotatable bonds is 5. The van der Waals surface area contributed by atoms with Crippen molar-refractivity contribution >= 4 is 29.3 Å². The maximum atomic E-state index is 12.0. The molecule has 0 aromatic heterocycles. The van der Waals surface area contributed by atoms with Crippen LogP contribution in [0.5, 0.6) is 0 Å². The third kappa shape index (κ3) is 6.35. The number of alkyl halides is 3. The number of amides is 2. The van der Waals surface area contributed by atoms with E-state index in [2.05, 4.69) is 0 Å². The Bertz CT molecular complexity index is 505. The van der Waals surface area contributed by atoms with Crippen LogP contribution in [0.15, 0.2) is 24.3 Å². The van der Waals surface area contributed by atoms with Crippen molar-refractivity contribution in [2.75, 3.05) is 18.0 Å². The second-order valence-corrected chi connectivity index (χ2v) is 4.49. The second-order valence-electron chi connectivity index (χ2n) is 4.05. The Labute approximate surface area is 123 Å². The Hall–Kier alpha value is -1.96. The van der Waals surface area contributed by atoms with Gasteiger partial charge in [0.05, 0.1) is 6.42 Å². The number of nitrogens with one attached hydrogen (secondary N) is 1. The number of carboxylic acid groups (broad SMARTS) is 1. The quantitative estimate of drug-likeness (QED) is 0.875. The summed E-state index contributed by atoms with van der Waals surface area (Å²) in [5.74, 6) is -1.30. The molecule has 0 bridgehead atoms. The van der Waals surface area contributed by atoms with Crippen LogP contribution in [0.25, 0.3) is 0 Å². The fourth-order valence-corrected chi connectivity index (χ4v) is 1.57. The molecule has 0 radical (unpaired) electrons. The van der Waals surface area contributed by atoms with Gasteiger partial charge in [-0.05, 0) is 24.3 Å². The number of carbonyl (C=O) groups excluding carboxylic acids is 1. The number of benzene rings is 1. The average molecular weight is 325 g/mol. The first-order valence-electron chi connectivity index (χ1n) is 5.78. The normalized spacial score (nSPS) is 11.0. The maximum absolute atomic E-state index is 12.0. The summed E-state index contributed by atoms with van der Waals surface area (Å²) in [5, 5.41) is 11.2. The van der Waals surface area contributed by atoms with Crippen LogP contribution >= 0.6 is 11.6 Å². The van der Waals surface area contributed by atoms with Crippen molar-refractivity contribution in [3.05, 3.63) is 29.3 Å². The predicted octanol–water partition coefficient (Wildman–Crippen LogP) is 2.89. The molecule has 0 spiro atoms. The van der Waals surface area contributed by atoms with Crippen LogP contribution in [0, 0.1) is 0 Å². The Morgan fingerprint density at radius 3 is 2.29 bits per heavy atom. The smallest absolute Gasteiger partial charge is 0.390 e. The summed E-state index contributed by atoms with van der Waals surface area (Å²) in [6, 6.07) is 4.75. The highest BCUT2D eigenvalue weighted by Gasteiger charge is 2.27. The Kier molecular flexibility index (Phi) is 5.83. The van der Waals surface area contributed by atoms with Gasteiger partial charge in [0.15, 0.2) is 0 Å². The number of carbonyl (C=O) groups is 2. The van der Waals surface area contributed by atoms with E-state index in [-0.39, 0.29) is 5.69 Å². The van der Waals surface area contributed by atoms with E-state index in [9.17, 15) is 22.8 Å². The summed E-state index contributed by atoms with van der Waals surface area (Å²) < 4.78 is 36.0. The highest BCUT2D eigenvalue weighted by molar-refractivity contribution is 6.30. The lowest BCUT2D eigenvalue weighted by Crippen LogP contribution is -2.43. The van der Waals surface area contributed by atoms with E-state index >= 15 is 0 Å². The van der Waals surface area contributed by atoms with Crippen molar-refractivity contribution < 1.29 is 27.9 Å². The fraction of sp³-hybridized carbons (Fsp3) is 0.333. The lowest BCUT2D eigenvalue weighted by Gasteiger charge is -2.21. The molecule has 2 amide bonds. The summed E-state index contributed by atoms with van der Waals surface area (Å²) in [7, 11) is 0. The number of nitrogens with zero attached hydrogens (tertiary/aromatic N) is 1. The van der Waals surface area contributed by atoms with E-state index in [4.69, 9.17) is 16.7 Å². The molecule has 0 saturated heterocycles. The minimum Gasteiger partial charge on any atom is -0.480 e. The van der Waals surface area contributed by atoms with Crippen molar-refractivity contribution in [2.24, 2.45) is 0 Å². The Morgan fingerprint density at radius 2 is 1.81 bits per heavy atom. The molecule has 1 aromatic carbocycles. The van der Waals surface area contributed by atoms with Crippen molar-refractivity contribution in [3.63, 3.8) is 0 Å². The molecule has 0 saturated carbocycles. The Balaban J connectivity index is 2.75. The van der Waals surface area contributed by atoms with Crippen LogP contribution in [-0.4, -0.2) is 36.4 Å². The first-order valence-corrected chi connectivity index (χ1v) is 6.16. The van der Waals surface area contributed by atoms with Gasteiger partial charge in [-0.3, -0.25) is 9.69 Å². The molecule has 0 aliphatic heterocycles. The molecule has 21 heavy (non-hydrogen) atoms. The SMILES string of the molecule is O=C(O)CN(C(=O)NCCC(F)(F)F)c1ccc(Cl)cc1. The van der Waals surface area contributed by atoms with Gasteiger partial charge >= 0.3 is 18.2 Å². The van der Waals surface area contributed by atoms with Crippen LogP contribution < -0.4 is 10.2 Å². The molecule has 0 aliphatic rings. The fourth-order valence-electron chi connectivity index (χ4n) is 1.44. The molecular formula is C12H12ClF3N2O3. The van der Waals surface area contributed by atoms with Gasteiger partial charge in [0.2, 0.25) is 0 Å². The van der Waals surface area contributed by atoms with Gasteiger partial charge in [-0.1, -0.05) is 11.6 Å². The molecule has 9 heteroatoms. The van der Waals surface area contributed by atoms with Crippen molar-refractivity contribution in [1.82, 2.24) is 5.32 Å². The molecule has 0 atom stereocenters. The van der Waals surface area contributed by atoms with E-state index in [0.717, 1.165) is 4.90 Å². The average Bonchev–Trinajstić information content (AvgIpc) is 2.35. The lowest BCUT2D eigenvalue weighted by molar-refractivity contribution is -0.135. The van der Waals surface area contributed by atoms with Gasteiger partial charge in [0, 0.05) is 17.3 Å². The molecule has 2 N–H and O–H groups in total. The van der Waals surface area contributed by atoms with Gasteiger partial charge in [0.25, 0.3) is 0 Å². The summed E-state index contributed by atoms with van der Waals surface area (Å²) in [6.07, 6.45) is -5.59. The van der Waals surface area contributed by atoms with Gasteiger partial charge in [-0.2, -0.15) is 13.2 Å². The third-order valence-corrected chi connectivity index (χ3v) is 2.61. The summed E-state index contributed by atoms with van der Waals surface area (Å²) in [6.45, 7) is -1.31. The highest BCUT2D eigenvalue weighted by Crippen LogP contribution is 2.20. The molecule has 5 nitrogen and oxygen atoms in total. The van der Waals surface area contributed by atoms with Crippen LogP contribution in [-0.2, 0) is 4.79 Å². The zero-order valence-electron chi connectivity index (χ0n) is 10.7. The molecule has 0 unspecified atom stereocenters. The molecule has 1 rings (SSSR count). The van der Waals surface area contributed by atoms with E-state index in [1.54, 1.807) is 0 Å².